The van der Waals surface area contributed by atoms with Gasteiger partial charge in [-0.15, -0.1) is 0 Å². The molecule has 1 aliphatic heterocycles. The van der Waals surface area contributed by atoms with Crippen molar-refractivity contribution < 1.29 is 19.4 Å². The number of hydrogen-bond acceptors (Lipinski definition) is 4. The molecule has 2 aromatic rings. The van der Waals surface area contributed by atoms with Crippen LogP contribution in [0.5, 0.6) is 0 Å². The van der Waals surface area contributed by atoms with E-state index in [0.29, 0.717) is 15.2 Å². The Kier molecular flexibility index (Phi) is 6.36. The number of anilines is 1. The number of halogens is 2. The molecule has 0 saturated carbocycles. The highest BCUT2D eigenvalue weighted by Gasteiger charge is 2.39. The van der Waals surface area contributed by atoms with Gasteiger partial charge in [-0.1, -0.05) is 41.9 Å². The first kappa shape index (κ1) is 19.7. The molecule has 27 heavy (non-hydrogen) atoms. The minimum atomic E-state index is -0.808. The molecular weight excluding hydrogens is 436 g/mol. The fourth-order valence-electron chi connectivity index (χ4n) is 2.87. The number of carbonyl (C=O) groups is 2. The average molecular weight is 454 g/mol. The Morgan fingerprint density at radius 2 is 2.00 bits per heavy atom. The number of nitrogens with zero attached hydrogens (tertiary/aromatic N) is 1. The van der Waals surface area contributed by atoms with E-state index in [1.54, 1.807) is 18.2 Å². The molecule has 6 nitrogen and oxygen atoms in total. The van der Waals surface area contributed by atoms with Crippen LogP contribution in [-0.2, 0) is 16.1 Å². The molecular formula is C19H18BrClN2O4. The van der Waals surface area contributed by atoms with E-state index in [2.05, 4.69) is 21.2 Å². The van der Waals surface area contributed by atoms with Crippen molar-refractivity contribution in [2.75, 3.05) is 11.9 Å². The van der Waals surface area contributed by atoms with Crippen molar-refractivity contribution in [1.29, 1.82) is 0 Å². The van der Waals surface area contributed by atoms with Crippen molar-refractivity contribution >= 4 is 45.2 Å². The molecule has 2 amide bonds. The van der Waals surface area contributed by atoms with Gasteiger partial charge < -0.3 is 15.2 Å². The maximum Gasteiger partial charge on any atom is 0.410 e. The number of likely N-dealkylation sites (tertiary alicyclic amines) is 1. The van der Waals surface area contributed by atoms with Gasteiger partial charge in [0.15, 0.2) is 0 Å². The highest BCUT2D eigenvalue weighted by molar-refractivity contribution is 9.10. The summed E-state index contributed by atoms with van der Waals surface area (Å²) in [7, 11) is 0. The van der Waals surface area contributed by atoms with Gasteiger partial charge in [0.25, 0.3) is 0 Å². The van der Waals surface area contributed by atoms with Crippen LogP contribution in [0.15, 0.2) is 53.0 Å². The first-order chi connectivity index (χ1) is 12.9. The molecule has 0 unspecified atom stereocenters. The molecule has 0 aliphatic carbocycles. The van der Waals surface area contributed by atoms with Crippen LogP contribution in [0.3, 0.4) is 0 Å². The molecule has 0 spiro atoms. The van der Waals surface area contributed by atoms with Gasteiger partial charge in [-0.3, -0.25) is 9.69 Å². The van der Waals surface area contributed by atoms with Crippen LogP contribution in [0.4, 0.5) is 10.5 Å². The molecule has 1 fully saturated rings. The Balaban J connectivity index is 1.64. The largest absolute Gasteiger partial charge is 0.445 e. The molecule has 1 saturated heterocycles. The van der Waals surface area contributed by atoms with Crippen molar-refractivity contribution in [2.24, 2.45) is 0 Å². The van der Waals surface area contributed by atoms with E-state index in [4.69, 9.17) is 16.3 Å². The molecule has 2 N–H and O–H groups in total. The predicted molar refractivity (Wildman–Crippen MR) is 106 cm³/mol. The number of β-amino-alcohol motifs (C(OH)–C–C–N with tert-alkyl or cyclic N) is 1. The normalized spacial score (nSPS) is 19.0. The second kappa shape index (κ2) is 8.73. The van der Waals surface area contributed by atoms with Gasteiger partial charge in [-0.2, -0.15) is 0 Å². The molecule has 2 aromatic carbocycles. The number of rotatable bonds is 4. The Morgan fingerprint density at radius 3 is 2.70 bits per heavy atom. The predicted octanol–water partition coefficient (Wildman–Crippen LogP) is 3.81. The number of ether oxygens (including phenoxy) is 1. The second-order valence-electron chi connectivity index (χ2n) is 6.22. The summed E-state index contributed by atoms with van der Waals surface area (Å²) in [5.74, 6) is -0.391. The van der Waals surface area contributed by atoms with E-state index < -0.39 is 24.1 Å². The molecule has 1 aliphatic rings. The first-order valence-electron chi connectivity index (χ1n) is 8.35. The van der Waals surface area contributed by atoms with Gasteiger partial charge in [0.1, 0.15) is 12.6 Å². The van der Waals surface area contributed by atoms with Crippen molar-refractivity contribution in [3.8, 4) is 0 Å². The van der Waals surface area contributed by atoms with E-state index in [0.717, 1.165) is 5.56 Å². The van der Waals surface area contributed by atoms with Gasteiger partial charge in [0.05, 0.1) is 17.7 Å². The third-order valence-corrected chi connectivity index (χ3v) is 5.42. The van der Waals surface area contributed by atoms with Crippen molar-refractivity contribution in [2.45, 2.75) is 25.2 Å². The lowest BCUT2D eigenvalue weighted by molar-refractivity contribution is -0.120. The summed E-state index contributed by atoms with van der Waals surface area (Å²) in [5, 5.41) is 13.2. The van der Waals surface area contributed by atoms with Crippen LogP contribution in [0.1, 0.15) is 12.0 Å². The lowest BCUT2D eigenvalue weighted by Gasteiger charge is -2.23. The molecule has 2 atom stereocenters. The summed E-state index contributed by atoms with van der Waals surface area (Å²) < 4.78 is 5.94. The summed E-state index contributed by atoms with van der Waals surface area (Å²) in [6.45, 7) is 0.154. The van der Waals surface area contributed by atoms with E-state index in [9.17, 15) is 14.7 Å². The van der Waals surface area contributed by atoms with Gasteiger partial charge in [-0.05, 0) is 39.7 Å². The Bertz CT molecular complexity index is 834. The van der Waals surface area contributed by atoms with Crippen molar-refractivity contribution in [1.82, 2.24) is 4.90 Å². The van der Waals surface area contributed by atoms with Gasteiger partial charge >= 0.3 is 6.09 Å². The zero-order valence-electron chi connectivity index (χ0n) is 14.3. The van der Waals surface area contributed by atoms with E-state index >= 15 is 0 Å². The van der Waals surface area contributed by atoms with E-state index in [1.807, 2.05) is 30.3 Å². The van der Waals surface area contributed by atoms with Crippen LogP contribution < -0.4 is 5.32 Å². The lowest BCUT2D eigenvalue weighted by Crippen LogP contribution is -2.43. The van der Waals surface area contributed by atoms with Gasteiger partial charge in [0, 0.05) is 16.6 Å². The van der Waals surface area contributed by atoms with Crippen LogP contribution in [0, 0.1) is 0 Å². The average Bonchev–Trinajstić information content (AvgIpc) is 3.06. The summed E-state index contributed by atoms with van der Waals surface area (Å²) in [6, 6.07) is 13.4. The Labute approximate surface area is 170 Å². The monoisotopic (exact) mass is 452 g/mol. The summed E-state index contributed by atoms with van der Waals surface area (Å²) in [4.78, 5) is 26.3. The van der Waals surface area contributed by atoms with Gasteiger partial charge in [0.2, 0.25) is 5.91 Å². The smallest absolute Gasteiger partial charge is 0.410 e. The Morgan fingerprint density at radius 1 is 1.26 bits per heavy atom. The zero-order chi connectivity index (χ0) is 19.4. The molecule has 0 bridgehead atoms. The second-order valence-corrected chi connectivity index (χ2v) is 7.48. The minimum absolute atomic E-state index is 0.0516. The standard InChI is InChI=1S/C19H18BrClN2O4/c20-15-8-13(6-7-16(15)21)22-18(25)17-9-14(24)10-23(17)19(26)27-11-12-4-2-1-3-5-12/h1-8,14,17,24H,9-11H2,(H,22,25)/t14-,17-/m0/s1. The third-order valence-electron chi connectivity index (χ3n) is 4.21. The zero-order valence-corrected chi connectivity index (χ0v) is 16.6. The summed E-state index contributed by atoms with van der Waals surface area (Å²) >= 11 is 9.25. The van der Waals surface area contributed by atoms with Gasteiger partial charge in [-0.25, -0.2) is 4.79 Å². The third kappa shape index (κ3) is 5.00. The number of nitrogens with one attached hydrogen (secondary N) is 1. The molecule has 142 valence electrons. The highest BCUT2D eigenvalue weighted by Crippen LogP contribution is 2.27. The summed E-state index contributed by atoms with van der Waals surface area (Å²) in [6.07, 6.45) is -1.25. The molecule has 1 heterocycles. The summed E-state index contributed by atoms with van der Waals surface area (Å²) in [5.41, 5.74) is 1.38. The van der Waals surface area contributed by atoms with Crippen LogP contribution in [0.2, 0.25) is 5.02 Å². The highest BCUT2D eigenvalue weighted by atomic mass is 79.9. The number of hydrogen-bond donors (Lipinski definition) is 2. The maximum atomic E-state index is 12.6. The quantitative estimate of drug-likeness (QED) is 0.738. The number of amides is 2. The molecule has 8 heteroatoms. The van der Waals surface area contributed by atoms with Crippen LogP contribution in [0.25, 0.3) is 0 Å². The van der Waals surface area contributed by atoms with Crippen LogP contribution in [-0.4, -0.2) is 40.7 Å². The molecule has 0 radical (unpaired) electrons. The minimum Gasteiger partial charge on any atom is -0.445 e. The number of aliphatic hydroxyl groups is 1. The van der Waals surface area contributed by atoms with Crippen molar-refractivity contribution in [3.63, 3.8) is 0 Å². The lowest BCUT2D eigenvalue weighted by atomic mass is 10.2. The number of benzene rings is 2. The maximum absolute atomic E-state index is 12.6. The van der Waals surface area contributed by atoms with Crippen molar-refractivity contribution in [3.05, 3.63) is 63.6 Å². The first-order valence-corrected chi connectivity index (χ1v) is 9.52. The molecule has 0 aromatic heterocycles. The fourth-order valence-corrected chi connectivity index (χ4v) is 3.36. The van der Waals surface area contributed by atoms with E-state index in [1.165, 1.54) is 4.90 Å². The number of aliphatic hydroxyl groups excluding tert-OH is 1. The Hall–Kier alpha value is -2.09. The fraction of sp³-hybridized carbons (Fsp3) is 0.263. The number of carbonyl (C=O) groups excluding carboxylic acids is 2. The van der Waals surface area contributed by atoms with E-state index in [-0.39, 0.29) is 19.6 Å². The SMILES string of the molecule is O=C(Nc1ccc(Cl)c(Br)c1)[C@@H]1C[C@H](O)CN1C(=O)OCc1ccccc1. The van der Waals surface area contributed by atoms with Crippen LogP contribution >= 0.6 is 27.5 Å². The topological polar surface area (TPSA) is 78.9 Å². The molecule has 3 rings (SSSR count).